The Morgan fingerprint density at radius 3 is 2.27 bits per heavy atom. The fourth-order valence-corrected chi connectivity index (χ4v) is 1.48. The van der Waals surface area contributed by atoms with Crippen LogP contribution in [0, 0.1) is 0 Å². The van der Waals surface area contributed by atoms with Gasteiger partial charge in [0.05, 0.1) is 0 Å². The summed E-state index contributed by atoms with van der Waals surface area (Å²) in [6, 6.07) is 0. The Labute approximate surface area is 93.4 Å². The Kier molecular flexibility index (Phi) is 10.7. The molecule has 0 unspecified atom stereocenters. The van der Waals surface area contributed by atoms with E-state index in [2.05, 4.69) is 13.0 Å². The van der Waals surface area contributed by atoms with Crippen molar-refractivity contribution in [3.63, 3.8) is 0 Å². The Hall–Kier alpha value is -0.790. The highest BCUT2D eigenvalue weighted by atomic mass is 16.4. The molecule has 0 aromatic carbocycles. The van der Waals surface area contributed by atoms with E-state index in [1.807, 2.05) is 6.08 Å². The van der Waals surface area contributed by atoms with Gasteiger partial charge in [0.25, 0.3) is 0 Å². The molecule has 0 saturated heterocycles. The molecule has 0 amide bonds. The standard InChI is InChI=1S/C13H24O2/c1-2-3-4-5-6-7-8-9-10-11-12-13(14)15/h9-10H,2-8,11-12H2,1H3,(H,14,15)/p-1/b10-9+. The van der Waals surface area contributed by atoms with E-state index in [4.69, 9.17) is 0 Å². The molecule has 0 bridgehead atoms. The quantitative estimate of drug-likeness (QED) is 0.412. The van der Waals surface area contributed by atoms with Gasteiger partial charge in [-0.15, -0.1) is 0 Å². The van der Waals surface area contributed by atoms with Crippen molar-refractivity contribution < 1.29 is 9.90 Å². The molecule has 0 fully saturated rings. The summed E-state index contributed by atoms with van der Waals surface area (Å²) >= 11 is 0. The van der Waals surface area contributed by atoms with Gasteiger partial charge in [-0.2, -0.15) is 0 Å². The molecule has 0 atom stereocenters. The van der Waals surface area contributed by atoms with Crippen LogP contribution in [0.1, 0.15) is 64.7 Å². The third-order valence-electron chi connectivity index (χ3n) is 2.41. The summed E-state index contributed by atoms with van der Waals surface area (Å²) in [5.41, 5.74) is 0. The van der Waals surface area contributed by atoms with Gasteiger partial charge in [0.1, 0.15) is 0 Å². The van der Waals surface area contributed by atoms with E-state index < -0.39 is 5.97 Å². The molecule has 0 rings (SSSR count). The zero-order chi connectivity index (χ0) is 11.4. The maximum atomic E-state index is 10.1. The van der Waals surface area contributed by atoms with Crippen LogP contribution in [0.5, 0.6) is 0 Å². The molecule has 0 N–H and O–H groups in total. The third kappa shape index (κ3) is 13.2. The summed E-state index contributed by atoms with van der Waals surface area (Å²) in [6.45, 7) is 2.22. The van der Waals surface area contributed by atoms with Crippen molar-refractivity contribution in [2.45, 2.75) is 64.7 Å². The summed E-state index contributed by atoms with van der Waals surface area (Å²) in [6.07, 6.45) is 13.7. The highest BCUT2D eigenvalue weighted by Crippen LogP contribution is 2.07. The smallest absolute Gasteiger partial charge is 0.0417 e. The summed E-state index contributed by atoms with van der Waals surface area (Å²) in [5.74, 6) is -0.959. The Bertz CT molecular complexity index is 173. The van der Waals surface area contributed by atoms with E-state index in [1.165, 1.54) is 38.5 Å². The molecule has 0 saturated carbocycles. The zero-order valence-electron chi connectivity index (χ0n) is 9.84. The summed E-state index contributed by atoms with van der Waals surface area (Å²) in [5, 5.41) is 10.1. The van der Waals surface area contributed by atoms with Crippen LogP contribution in [-0.4, -0.2) is 5.97 Å². The summed E-state index contributed by atoms with van der Waals surface area (Å²) in [7, 11) is 0. The average Bonchev–Trinajstić information content (AvgIpc) is 2.20. The first-order valence-corrected chi connectivity index (χ1v) is 6.12. The van der Waals surface area contributed by atoms with Crippen LogP contribution >= 0.6 is 0 Å². The number of aliphatic carboxylic acids is 1. The molecule has 2 nitrogen and oxygen atoms in total. The third-order valence-corrected chi connectivity index (χ3v) is 2.41. The summed E-state index contributed by atoms with van der Waals surface area (Å²) in [4.78, 5) is 10.1. The van der Waals surface area contributed by atoms with Gasteiger partial charge in [0.15, 0.2) is 0 Å². The van der Waals surface area contributed by atoms with E-state index >= 15 is 0 Å². The molecule has 0 aliphatic heterocycles. The molecule has 0 spiro atoms. The Morgan fingerprint density at radius 2 is 1.60 bits per heavy atom. The Morgan fingerprint density at radius 1 is 1.00 bits per heavy atom. The van der Waals surface area contributed by atoms with Gasteiger partial charge in [0.2, 0.25) is 0 Å². The molecule has 0 aliphatic carbocycles. The minimum Gasteiger partial charge on any atom is -0.550 e. The highest BCUT2D eigenvalue weighted by molar-refractivity contribution is 5.64. The first kappa shape index (κ1) is 14.2. The van der Waals surface area contributed by atoms with Crippen LogP contribution in [-0.2, 0) is 4.79 Å². The van der Waals surface area contributed by atoms with Gasteiger partial charge in [-0.1, -0.05) is 51.2 Å². The van der Waals surface area contributed by atoms with E-state index in [0.717, 1.165) is 6.42 Å². The summed E-state index contributed by atoms with van der Waals surface area (Å²) < 4.78 is 0. The fraction of sp³-hybridized carbons (Fsp3) is 0.769. The van der Waals surface area contributed by atoms with E-state index in [9.17, 15) is 9.90 Å². The van der Waals surface area contributed by atoms with Gasteiger partial charge >= 0.3 is 0 Å². The lowest BCUT2D eigenvalue weighted by molar-refractivity contribution is -0.305. The fourth-order valence-electron chi connectivity index (χ4n) is 1.48. The number of carboxylic acids is 1. The number of carbonyl (C=O) groups excluding carboxylic acids is 1. The van der Waals surface area contributed by atoms with Crippen molar-refractivity contribution in [2.75, 3.05) is 0 Å². The molecular formula is C13H23O2-. The predicted molar refractivity (Wildman–Crippen MR) is 61.4 cm³/mol. The molecule has 0 aromatic heterocycles. The van der Waals surface area contributed by atoms with Gasteiger partial charge in [0, 0.05) is 5.97 Å². The molecular weight excluding hydrogens is 188 g/mol. The molecule has 0 aromatic rings. The van der Waals surface area contributed by atoms with E-state index in [1.54, 1.807) is 0 Å². The zero-order valence-corrected chi connectivity index (χ0v) is 9.84. The second-order valence-corrected chi connectivity index (χ2v) is 3.94. The van der Waals surface area contributed by atoms with Gasteiger partial charge in [-0.05, 0) is 25.7 Å². The monoisotopic (exact) mass is 211 g/mol. The second kappa shape index (κ2) is 11.3. The van der Waals surface area contributed by atoms with E-state index in [0.29, 0.717) is 6.42 Å². The second-order valence-electron chi connectivity index (χ2n) is 3.94. The van der Waals surface area contributed by atoms with Crippen molar-refractivity contribution in [3.8, 4) is 0 Å². The molecule has 0 aliphatic rings. The molecule has 0 heterocycles. The van der Waals surface area contributed by atoms with Crippen LogP contribution in [0.4, 0.5) is 0 Å². The number of hydrogen-bond acceptors (Lipinski definition) is 2. The molecule has 15 heavy (non-hydrogen) atoms. The van der Waals surface area contributed by atoms with Crippen molar-refractivity contribution in [1.82, 2.24) is 0 Å². The molecule has 88 valence electrons. The van der Waals surface area contributed by atoms with Gasteiger partial charge < -0.3 is 9.90 Å². The number of rotatable bonds is 10. The molecule has 2 heteroatoms. The van der Waals surface area contributed by atoms with Crippen LogP contribution in [0.3, 0.4) is 0 Å². The lowest BCUT2D eigenvalue weighted by Crippen LogP contribution is -2.21. The van der Waals surface area contributed by atoms with Crippen molar-refractivity contribution in [2.24, 2.45) is 0 Å². The van der Waals surface area contributed by atoms with Gasteiger partial charge in [-0.25, -0.2) is 0 Å². The first-order valence-electron chi connectivity index (χ1n) is 6.12. The Balaban J connectivity index is 3.06. The van der Waals surface area contributed by atoms with Crippen molar-refractivity contribution >= 4 is 5.97 Å². The maximum Gasteiger partial charge on any atom is 0.0417 e. The lowest BCUT2D eigenvalue weighted by atomic mass is 10.1. The lowest BCUT2D eigenvalue weighted by Gasteiger charge is -1.98. The highest BCUT2D eigenvalue weighted by Gasteiger charge is 1.88. The predicted octanol–water partition coefficient (Wildman–Crippen LogP) is 2.82. The molecule has 0 radical (unpaired) electrons. The van der Waals surface area contributed by atoms with Crippen LogP contribution in [0.2, 0.25) is 0 Å². The SMILES string of the molecule is CCCCCCCC/C=C/CCC(=O)[O-]. The van der Waals surface area contributed by atoms with Gasteiger partial charge in [-0.3, -0.25) is 0 Å². The van der Waals surface area contributed by atoms with Crippen LogP contribution in [0.25, 0.3) is 0 Å². The average molecular weight is 211 g/mol. The number of hydrogen-bond donors (Lipinski definition) is 0. The van der Waals surface area contributed by atoms with Crippen LogP contribution in [0.15, 0.2) is 12.2 Å². The minimum atomic E-state index is -0.959. The normalized spacial score (nSPS) is 11.0. The maximum absolute atomic E-state index is 10.1. The topological polar surface area (TPSA) is 40.1 Å². The van der Waals surface area contributed by atoms with Crippen molar-refractivity contribution in [3.05, 3.63) is 12.2 Å². The number of allylic oxidation sites excluding steroid dienone is 2. The largest absolute Gasteiger partial charge is 0.550 e. The minimum absolute atomic E-state index is 0.146. The number of carboxylic acid groups (broad SMARTS) is 1. The first-order chi connectivity index (χ1) is 7.27. The van der Waals surface area contributed by atoms with E-state index in [-0.39, 0.29) is 6.42 Å². The number of unbranched alkanes of at least 4 members (excludes halogenated alkanes) is 6. The van der Waals surface area contributed by atoms with Crippen LogP contribution < -0.4 is 5.11 Å². The van der Waals surface area contributed by atoms with Crippen molar-refractivity contribution in [1.29, 1.82) is 0 Å². The number of carbonyl (C=O) groups is 1.